The van der Waals surface area contributed by atoms with Crippen LogP contribution in [0.1, 0.15) is 6.92 Å². The fourth-order valence-electron chi connectivity index (χ4n) is 0.387. The van der Waals surface area contributed by atoms with E-state index < -0.39 is 6.10 Å². The van der Waals surface area contributed by atoms with Crippen LogP contribution in [-0.2, 0) is 4.74 Å². The number of rotatable bonds is 3. The van der Waals surface area contributed by atoms with Crippen molar-refractivity contribution in [2.75, 3.05) is 19.8 Å². The highest BCUT2D eigenvalue weighted by Gasteiger charge is 1.91. The van der Waals surface area contributed by atoms with Crippen LogP contribution >= 0.6 is 0 Å². The predicted octanol–water partition coefficient (Wildman–Crippen LogP) is -0.620. The van der Waals surface area contributed by atoms with Gasteiger partial charge in [-0.25, -0.2) is 0 Å². The Balaban J connectivity index is 3.05. The molecule has 3 heteroatoms. The molecule has 0 aromatic heterocycles. The van der Waals surface area contributed by atoms with Crippen molar-refractivity contribution in [1.82, 2.24) is 0 Å². The molecule has 3 nitrogen and oxygen atoms in total. The highest BCUT2D eigenvalue weighted by Crippen LogP contribution is 1.80. The first-order chi connectivity index (χ1) is 4.77. The Labute approximate surface area is 60.6 Å². The monoisotopic (exact) mass is 144 g/mol. The molecule has 1 atom stereocenters. The summed E-state index contributed by atoms with van der Waals surface area (Å²) < 4.78 is 4.86. The summed E-state index contributed by atoms with van der Waals surface area (Å²) in [5.41, 5.74) is 0. The van der Waals surface area contributed by atoms with Gasteiger partial charge in [-0.2, -0.15) is 0 Å². The number of aliphatic hydroxyl groups excluding tert-OH is 2. The molecule has 0 unspecified atom stereocenters. The smallest absolute Gasteiger partial charge is 0.107 e. The fourth-order valence-corrected chi connectivity index (χ4v) is 0.387. The maximum Gasteiger partial charge on any atom is 0.107 e. The molecule has 0 aromatic rings. The van der Waals surface area contributed by atoms with E-state index in [4.69, 9.17) is 14.9 Å². The summed E-state index contributed by atoms with van der Waals surface area (Å²) in [6.07, 6.45) is -0.448. The van der Waals surface area contributed by atoms with Crippen LogP contribution in [0, 0.1) is 11.8 Å². The van der Waals surface area contributed by atoms with E-state index in [1.54, 1.807) is 6.92 Å². The van der Waals surface area contributed by atoms with Crippen LogP contribution in [0.5, 0.6) is 0 Å². The molecule has 0 aromatic carbocycles. The molecular formula is C7H12O3. The lowest BCUT2D eigenvalue weighted by atomic mass is 10.4. The zero-order valence-electron chi connectivity index (χ0n) is 6.00. The average molecular weight is 144 g/mol. The summed E-state index contributed by atoms with van der Waals surface area (Å²) in [5, 5.41) is 16.9. The lowest BCUT2D eigenvalue weighted by molar-refractivity contribution is 0.0621. The van der Waals surface area contributed by atoms with Crippen molar-refractivity contribution in [1.29, 1.82) is 0 Å². The molecule has 0 aliphatic heterocycles. The van der Waals surface area contributed by atoms with Gasteiger partial charge in [0.25, 0.3) is 0 Å². The van der Waals surface area contributed by atoms with Crippen LogP contribution in [-0.4, -0.2) is 36.1 Å². The highest BCUT2D eigenvalue weighted by atomic mass is 16.5. The largest absolute Gasteiger partial charge is 0.391 e. The molecular weight excluding hydrogens is 132 g/mol. The Hall–Kier alpha value is -0.560. The van der Waals surface area contributed by atoms with Gasteiger partial charge in [0.1, 0.15) is 13.2 Å². The van der Waals surface area contributed by atoms with Crippen LogP contribution in [0.2, 0.25) is 0 Å². The van der Waals surface area contributed by atoms with E-state index in [2.05, 4.69) is 11.8 Å². The van der Waals surface area contributed by atoms with Gasteiger partial charge in [-0.15, -0.1) is 0 Å². The van der Waals surface area contributed by atoms with E-state index in [-0.39, 0.29) is 13.2 Å². The summed E-state index contributed by atoms with van der Waals surface area (Å²) >= 11 is 0. The van der Waals surface area contributed by atoms with Crippen molar-refractivity contribution in [2.45, 2.75) is 13.0 Å². The van der Waals surface area contributed by atoms with E-state index in [0.29, 0.717) is 6.61 Å². The third-order valence-electron chi connectivity index (χ3n) is 0.737. The topological polar surface area (TPSA) is 49.7 Å². The second kappa shape index (κ2) is 6.56. The molecule has 0 amide bonds. The van der Waals surface area contributed by atoms with Crippen LogP contribution in [0.3, 0.4) is 0 Å². The normalized spacial score (nSPS) is 11.9. The second-order valence-electron chi connectivity index (χ2n) is 1.88. The molecule has 58 valence electrons. The number of hydrogen-bond donors (Lipinski definition) is 2. The SMILES string of the molecule is C[C@H](O)COCC#CCO. The highest BCUT2D eigenvalue weighted by molar-refractivity contribution is 4.98. The maximum atomic E-state index is 8.69. The van der Waals surface area contributed by atoms with Gasteiger partial charge < -0.3 is 14.9 Å². The average Bonchev–Trinajstić information content (AvgIpc) is 1.87. The van der Waals surface area contributed by atoms with Crippen molar-refractivity contribution >= 4 is 0 Å². The third kappa shape index (κ3) is 7.44. The summed E-state index contributed by atoms with van der Waals surface area (Å²) in [4.78, 5) is 0. The second-order valence-corrected chi connectivity index (χ2v) is 1.88. The zero-order chi connectivity index (χ0) is 7.82. The minimum absolute atomic E-state index is 0.141. The molecule has 0 rings (SSSR count). The number of hydrogen-bond acceptors (Lipinski definition) is 3. The van der Waals surface area contributed by atoms with Crippen LogP contribution < -0.4 is 0 Å². The van der Waals surface area contributed by atoms with Crippen LogP contribution in [0.15, 0.2) is 0 Å². The fraction of sp³-hybridized carbons (Fsp3) is 0.714. The minimum atomic E-state index is -0.448. The van der Waals surface area contributed by atoms with Crippen LogP contribution in [0.25, 0.3) is 0 Å². The molecule has 0 saturated carbocycles. The lowest BCUT2D eigenvalue weighted by Crippen LogP contribution is -2.10. The van der Waals surface area contributed by atoms with E-state index >= 15 is 0 Å². The minimum Gasteiger partial charge on any atom is -0.391 e. The first kappa shape index (κ1) is 9.44. The Morgan fingerprint density at radius 1 is 1.50 bits per heavy atom. The molecule has 10 heavy (non-hydrogen) atoms. The molecule has 0 fully saturated rings. The van der Waals surface area contributed by atoms with E-state index in [1.807, 2.05) is 0 Å². The van der Waals surface area contributed by atoms with Crippen molar-refractivity contribution in [2.24, 2.45) is 0 Å². The van der Waals surface area contributed by atoms with Crippen LogP contribution in [0.4, 0.5) is 0 Å². The summed E-state index contributed by atoms with van der Waals surface area (Å²) in [7, 11) is 0. The summed E-state index contributed by atoms with van der Waals surface area (Å²) in [5.74, 6) is 4.98. The van der Waals surface area contributed by atoms with E-state index in [1.165, 1.54) is 0 Å². The first-order valence-electron chi connectivity index (χ1n) is 3.09. The third-order valence-corrected chi connectivity index (χ3v) is 0.737. The molecule has 0 heterocycles. The lowest BCUT2D eigenvalue weighted by Gasteiger charge is -2.00. The van der Waals surface area contributed by atoms with Gasteiger partial charge in [0.05, 0.1) is 12.7 Å². The molecule has 0 spiro atoms. The van der Waals surface area contributed by atoms with E-state index in [0.717, 1.165) is 0 Å². The van der Waals surface area contributed by atoms with Gasteiger partial charge in [-0.05, 0) is 6.92 Å². The number of aliphatic hydroxyl groups is 2. The molecule has 0 bridgehead atoms. The summed E-state index contributed by atoms with van der Waals surface area (Å²) in [6, 6.07) is 0. The van der Waals surface area contributed by atoms with Crippen molar-refractivity contribution in [3.05, 3.63) is 0 Å². The Bertz CT molecular complexity index is 121. The van der Waals surface area contributed by atoms with Gasteiger partial charge in [-0.1, -0.05) is 11.8 Å². The van der Waals surface area contributed by atoms with Gasteiger partial charge in [0.2, 0.25) is 0 Å². The van der Waals surface area contributed by atoms with Gasteiger partial charge in [0.15, 0.2) is 0 Å². The maximum absolute atomic E-state index is 8.69. The van der Waals surface area contributed by atoms with Crippen molar-refractivity contribution < 1.29 is 14.9 Å². The predicted molar refractivity (Wildman–Crippen MR) is 37.4 cm³/mol. The van der Waals surface area contributed by atoms with Gasteiger partial charge in [0, 0.05) is 0 Å². The Kier molecular flexibility index (Phi) is 6.19. The Morgan fingerprint density at radius 2 is 2.20 bits per heavy atom. The van der Waals surface area contributed by atoms with Crippen molar-refractivity contribution in [3.8, 4) is 11.8 Å². The molecule has 2 N–H and O–H groups in total. The zero-order valence-corrected chi connectivity index (χ0v) is 6.00. The Morgan fingerprint density at radius 3 is 2.70 bits per heavy atom. The summed E-state index contributed by atoms with van der Waals surface area (Å²) in [6.45, 7) is 2.06. The first-order valence-corrected chi connectivity index (χ1v) is 3.09. The van der Waals surface area contributed by atoms with Gasteiger partial charge in [-0.3, -0.25) is 0 Å². The van der Waals surface area contributed by atoms with E-state index in [9.17, 15) is 0 Å². The quantitative estimate of drug-likeness (QED) is 0.410. The molecule has 0 aliphatic carbocycles. The molecule has 0 radical (unpaired) electrons. The van der Waals surface area contributed by atoms with Gasteiger partial charge >= 0.3 is 0 Å². The molecule has 0 aliphatic rings. The molecule has 0 saturated heterocycles. The number of ether oxygens (including phenoxy) is 1. The standard InChI is InChI=1S/C7H12O3/c1-7(9)6-10-5-3-2-4-8/h7-9H,4-6H2,1H3/t7-/m0/s1. The van der Waals surface area contributed by atoms with Crippen molar-refractivity contribution in [3.63, 3.8) is 0 Å².